The molecule has 1 aromatic heterocycles. The fourth-order valence-electron chi connectivity index (χ4n) is 2.45. The highest BCUT2D eigenvalue weighted by Crippen LogP contribution is 2.24. The van der Waals surface area contributed by atoms with Crippen molar-refractivity contribution in [3.8, 4) is 0 Å². The summed E-state index contributed by atoms with van der Waals surface area (Å²) in [4.78, 5) is 5.50. The van der Waals surface area contributed by atoms with Crippen molar-refractivity contribution in [2.75, 3.05) is 19.6 Å². The van der Waals surface area contributed by atoms with Crippen LogP contribution in [0.15, 0.2) is 17.7 Å². The molecule has 18 heavy (non-hydrogen) atoms. The third-order valence-electron chi connectivity index (χ3n) is 3.43. The van der Waals surface area contributed by atoms with E-state index in [9.17, 15) is 0 Å². The fourth-order valence-corrected chi connectivity index (χ4v) is 3.47. The second-order valence-electron chi connectivity index (χ2n) is 5.12. The first-order valence-electron chi connectivity index (χ1n) is 6.86. The van der Waals surface area contributed by atoms with Gasteiger partial charge in [-0.2, -0.15) is 0 Å². The Labute approximate surface area is 115 Å². The van der Waals surface area contributed by atoms with Crippen LogP contribution in [0.25, 0.3) is 0 Å². The zero-order valence-electron chi connectivity index (χ0n) is 11.8. The lowest BCUT2D eigenvalue weighted by Crippen LogP contribution is -2.28. The summed E-state index contributed by atoms with van der Waals surface area (Å²) in [6.07, 6.45) is 3.58. The molecule has 0 bridgehead atoms. The number of hydrogen-bond acceptors (Lipinski definition) is 3. The summed E-state index contributed by atoms with van der Waals surface area (Å²) < 4.78 is 0. The van der Waals surface area contributed by atoms with E-state index in [0.29, 0.717) is 0 Å². The Morgan fingerprint density at radius 1 is 1.39 bits per heavy atom. The first-order chi connectivity index (χ1) is 8.69. The molecule has 0 radical (unpaired) electrons. The summed E-state index contributed by atoms with van der Waals surface area (Å²) in [6, 6.07) is 2.39. The molecule has 0 saturated heterocycles. The monoisotopic (exact) mass is 264 g/mol. The molecule has 1 aliphatic heterocycles. The van der Waals surface area contributed by atoms with Crippen LogP contribution in [0.1, 0.15) is 35.6 Å². The number of aryl methyl sites for hydroxylation is 1. The smallest absolute Gasteiger partial charge is 0.0299 e. The minimum absolute atomic E-state index is 1.01. The molecular formula is C15H24N2S. The van der Waals surface area contributed by atoms with Gasteiger partial charge in [0.05, 0.1) is 0 Å². The zero-order chi connectivity index (χ0) is 13.0. The van der Waals surface area contributed by atoms with E-state index >= 15 is 0 Å². The third kappa shape index (κ3) is 3.67. The Hall–Kier alpha value is -0.640. The van der Waals surface area contributed by atoms with Gasteiger partial charge in [-0.25, -0.2) is 0 Å². The Morgan fingerprint density at radius 3 is 2.94 bits per heavy atom. The number of nitrogens with zero attached hydrogens (tertiary/aromatic N) is 1. The highest BCUT2D eigenvalue weighted by molar-refractivity contribution is 7.12. The molecule has 0 amide bonds. The van der Waals surface area contributed by atoms with Crippen LogP contribution in [0.5, 0.6) is 0 Å². The van der Waals surface area contributed by atoms with E-state index in [-0.39, 0.29) is 0 Å². The van der Waals surface area contributed by atoms with Gasteiger partial charge in [-0.05, 0) is 38.4 Å². The molecule has 0 spiro atoms. The summed E-state index contributed by atoms with van der Waals surface area (Å²) >= 11 is 1.94. The quantitative estimate of drug-likeness (QED) is 0.821. The van der Waals surface area contributed by atoms with Crippen LogP contribution in [0.3, 0.4) is 0 Å². The van der Waals surface area contributed by atoms with Gasteiger partial charge in [-0.15, -0.1) is 11.3 Å². The van der Waals surface area contributed by atoms with Gasteiger partial charge >= 0.3 is 0 Å². The average Bonchev–Trinajstić information content (AvgIpc) is 2.68. The van der Waals surface area contributed by atoms with Crippen LogP contribution in [0.2, 0.25) is 0 Å². The van der Waals surface area contributed by atoms with E-state index < -0.39 is 0 Å². The minimum atomic E-state index is 1.01. The minimum Gasteiger partial charge on any atom is -0.312 e. The van der Waals surface area contributed by atoms with E-state index in [4.69, 9.17) is 0 Å². The predicted octanol–water partition coefficient (Wildman–Crippen LogP) is 3.32. The van der Waals surface area contributed by atoms with E-state index in [1.807, 2.05) is 11.3 Å². The van der Waals surface area contributed by atoms with Crippen molar-refractivity contribution < 1.29 is 0 Å². The lowest BCUT2D eigenvalue weighted by molar-refractivity contribution is 0.282. The van der Waals surface area contributed by atoms with E-state index in [1.165, 1.54) is 33.9 Å². The molecule has 0 atom stereocenters. The van der Waals surface area contributed by atoms with Crippen molar-refractivity contribution in [1.29, 1.82) is 0 Å². The van der Waals surface area contributed by atoms with Crippen molar-refractivity contribution in [3.05, 3.63) is 33.0 Å². The molecule has 0 aromatic carbocycles. The molecule has 0 aliphatic carbocycles. The van der Waals surface area contributed by atoms with Gasteiger partial charge < -0.3 is 5.32 Å². The molecular weight excluding hydrogens is 240 g/mol. The number of rotatable bonds is 5. The number of nitrogens with one attached hydrogen (secondary N) is 1. The fraction of sp³-hybridized carbons (Fsp3) is 0.600. The third-order valence-corrected chi connectivity index (χ3v) is 4.52. The van der Waals surface area contributed by atoms with Crippen LogP contribution in [0, 0.1) is 6.92 Å². The second kappa shape index (κ2) is 6.50. The van der Waals surface area contributed by atoms with Crippen LogP contribution in [-0.4, -0.2) is 24.5 Å². The van der Waals surface area contributed by atoms with Gasteiger partial charge in [0.2, 0.25) is 0 Å². The van der Waals surface area contributed by atoms with E-state index in [2.05, 4.69) is 43.1 Å². The van der Waals surface area contributed by atoms with Crippen molar-refractivity contribution in [1.82, 2.24) is 10.2 Å². The Balaban J connectivity index is 1.96. The number of thiophene rings is 1. The maximum atomic E-state index is 3.40. The van der Waals surface area contributed by atoms with Crippen LogP contribution in [0.4, 0.5) is 0 Å². The van der Waals surface area contributed by atoms with Crippen molar-refractivity contribution >= 4 is 11.3 Å². The largest absolute Gasteiger partial charge is 0.312 e. The Bertz CT molecular complexity index is 420. The van der Waals surface area contributed by atoms with Crippen molar-refractivity contribution in [2.45, 2.75) is 40.3 Å². The molecule has 1 aliphatic rings. The number of hydrogen-bond donors (Lipinski definition) is 1. The molecule has 2 nitrogen and oxygen atoms in total. The summed E-state index contributed by atoms with van der Waals surface area (Å²) in [7, 11) is 0. The van der Waals surface area contributed by atoms with E-state index in [0.717, 1.165) is 26.2 Å². The molecule has 100 valence electrons. The molecule has 1 N–H and O–H groups in total. The van der Waals surface area contributed by atoms with Gasteiger partial charge in [-0.1, -0.05) is 18.6 Å². The normalized spacial score (nSPS) is 16.9. The van der Waals surface area contributed by atoms with Crippen LogP contribution >= 0.6 is 11.3 Å². The summed E-state index contributed by atoms with van der Waals surface area (Å²) in [5.41, 5.74) is 3.03. The molecule has 0 unspecified atom stereocenters. The standard InChI is InChI=1S/C15H24N2S/c1-4-16-9-15-8-14(13(3)18-15)11-17-7-5-6-12(2)10-17/h6,8,16H,4-5,7,9-11H2,1-3H3. The molecule has 3 heteroatoms. The van der Waals surface area contributed by atoms with Gasteiger partial charge in [0.1, 0.15) is 0 Å². The average molecular weight is 264 g/mol. The van der Waals surface area contributed by atoms with Crippen molar-refractivity contribution in [2.24, 2.45) is 0 Å². The highest BCUT2D eigenvalue weighted by atomic mass is 32.1. The van der Waals surface area contributed by atoms with Crippen LogP contribution in [-0.2, 0) is 13.1 Å². The van der Waals surface area contributed by atoms with E-state index in [1.54, 1.807) is 0 Å². The molecule has 0 fully saturated rings. The molecule has 2 heterocycles. The maximum absolute atomic E-state index is 3.40. The van der Waals surface area contributed by atoms with Crippen LogP contribution < -0.4 is 5.32 Å². The van der Waals surface area contributed by atoms with Gasteiger partial charge in [0.25, 0.3) is 0 Å². The SMILES string of the molecule is CCNCc1cc(CN2CCC=C(C)C2)c(C)s1. The predicted molar refractivity (Wildman–Crippen MR) is 80.1 cm³/mol. The summed E-state index contributed by atoms with van der Waals surface area (Å²) in [5, 5.41) is 3.40. The molecule has 1 aromatic rings. The lowest BCUT2D eigenvalue weighted by atomic mass is 10.1. The Kier molecular flexibility index (Phi) is 4.98. The van der Waals surface area contributed by atoms with Gasteiger partial charge in [-0.3, -0.25) is 4.90 Å². The topological polar surface area (TPSA) is 15.3 Å². The summed E-state index contributed by atoms with van der Waals surface area (Å²) in [5.74, 6) is 0. The van der Waals surface area contributed by atoms with Gasteiger partial charge in [0, 0.05) is 35.9 Å². The maximum Gasteiger partial charge on any atom is 0.0299 e. The Morgan fingerprint density at radius 2 is 2.22 bits per heavy atom. The van der Waals surface area contributed by atoms with Gasteiger partial charge in [0.15, 0.2) is 0 Å². The van der Waals surface area contributed by atoms with Crippen molar-refractivity contribution in [3.63, 3.8) is 0 Å². The second-order valence-corrected chi connectivity index (χ2v) is 6.47. The molecule has 2 rings (SSSR count). The lowest BCUT2D eigenvalue weighted by Gasteiger charge is -2.25. The molecule has 0 saturated carbocycles. The first kappa shape index (κ1) is 13.8. The zero-order valence-corrected chi connectivity index (χ0v) is 12.6. The first-order valence-corrected chi connectivity index (χ1v) is 7.67. The highest BCUT2D eigenvalue weighted by Gasteiger charge is 2.13. The summed E-state index contributed by atoms with van der Waals surface area (Å²) in [6.45, 7) is 12.2.